The highest BCUT2D eigenvalue weighted by Gasteiger charge is 2.23. The Labute approximate surface area is 96.0 Å². The molecule has 0 saturated carbocycles. The molecule has 1 aliphatic heterocycles. The van der Waals surface area contributed by atoms with E-state index in [1.54, 1.807) is 0 Å². The average molecular weight is 223 g/mol. The summed E-state index contributed by atoms with van der Waals surface area (Å²) in [6.07, 6.45) is 0.0803. The Morgan fingerprint density at radius 3 is 2.62 bits per heavy atom. The maximum Gasteiger partial charge on any atom is 0.123 e. The van der Waals surface area contributed by atoms with E-state index in [2.05, 4.69) is 18.7 Å². The van der Waals surface area contributed by atoms with Gasteiger partial charge in [0.25, 0.3) is 0 Å². The van der Waals surface area contributed by atoms with Crippen molar-refractivity contribution in [2.75, 3.05) is 19.7 Å². The topological polar surface area (TPSA) is 12.5 Å². The fourth-order valence-electron chi connectivity index (χ4n) is 2.02. The number of hydrogen-bond donors (Lipinski definition) is 0. The minimum atomic E-state index is -0.194. The molecule has 0 amide bonds. The molecule has 3 heteroatoms. The zero-order valence-electron chi connectivity index (χ0n) is 9.82. The summed E-state index contributed by atoms with van der Waals surface area (Å²) in [5.41, 5.74) is 1.06. The van der Waals surface area contributed by atoms with Gasteiger partial charge < -0.3 is 4.74 Å². The highest BCUT2D eigenvalue weighted by Crippen LogP contribution is 2.23. The SMILES string of the molecule is CC(C)N1CCO[C@H](c2ccc(F)cc2)C1. The van der Waals surface area contributed by atoms with Crippen molar-refractivity contribution in [3.63, 3.8) is 0 Å². The van der Waals surface area contributed by atoms with Crippen LogP contribution in [0.2, 0.25) is 0 Å². The second-order valence-corrected chi connectivity index (χ2v) is 4.50. The predicted molar refractivity (Wildman–Crippen MR) is 61.8 cm³/mol. The van der Waals surface area contributed by atoms with Gasteiger partial charge in [0.2, 0.25) is 0 Å². The van der Waals surface area contributed by atoms with Gasteiger partial charge in [-0.2, -0.15) is 0 Å². The van der Waals surface area contributed by atoms with Crippen molar-refractivity contribution in [1.29, 1.82) is 0 Å². The number of ether oxygens (including phenoxy) is 1. The Morgan fingerprint density at radius 1 is 1.31 bits per heavy atom. The number of benzene rings is 1. The summed E-state index contributed by atoms with van der Waals surface area (Å²) in [5.74, 6) is -0.194. The third-order valence-electron chi connectivity index (χ3n) is 3.07. The molecule has 0 spiro atoms. The lowest BCUT2D eigenvalue weighted by molar-refractivity contribution is -0.0402. The molecule has 1 aromatic rings. The molecule has 88 valence electrons. The van der Waals surface area contributed by atoms with Crippen LogP contribution < -0.4 is 0 Å². The molecule has 1 atom stereocenters. The van der Waals surface area contributed by atoms with Gasteiger partial charge in [-0.25, -0.2) is 4.39 Å². The molecule has 16 heavy (non-hydrogen) atoms. The van der Waals surface area contributed by atoms with Crippen LogP contribution >= 0.6 is 0 Å². The fourth-order valence-corrected chi connectivity index (χ4v) is 2.02. The van der Waals surface area contributed by atoms with Gasteiger partial charge in [0.05, 0.1) is 12.7 Å². The molecule has 2 nitrogen and oxygen atoms in total. The Morgan fingerprint density at radius 2 is 2.00 bits per heavy atom. The minimum absolute atomic E-state index is 0.0803. The van der Waals surface area contributed by atoms with E-state index in [1.165, 1.54) is 12.1 Å². The number of halogens is 1. The van der Waals surface area contributed by atoms with Gasteiger partial charge in [-0.3, -0.25) is 4.90 Å². The van der Waals surface area contributed by atoms with E-state index >= 15 is 0 Å². The summed E-state index contributed by atoms with van der Waals surface area (Å²) < 4.78 is 18.5. The van der Waals surface area contributed by atoms with Crippen molar-refractivity contribution in [2.24, 2.45) is 0 Å². The summed E-state index contributed by atoms with van der Waals surface area (Å²) in [7, 11) is 0. The van der Waals surface area contributed by atoms with Crippen LogP contribution in [-0.2, 0) is 4.74 Å². The predicted octanol–water partition coefficient (Wildman–Crippen LogP) is 2.61. The molecule has 2 rings (SSSR count). The van der Waals surface area contributed by atoms with Crippen LogP contribution in [0, 0.1) is 5.82 Å². The van der Waals surface area contributed by atoms with Gasteiger partial charge in [-0.15, -0.1) is 0 Å². The van der Waals surface area contributed by atoms with Gasteiger partial charge in [0.15, 0.2) is 0 Å². The Hall–Kier alpha value is -0.930. The molecule has 0 radical (unpaired) electrons. The van der Waals surface area contributed by atoms with Crippen molar-refractivity contribution in [3.8, 4) is 0 Å². The van der Waals surface area contributed by atoms with Crippen LogP contribution in [0.3, 0.4) is 0 Å². The summed E-state index contributed by atoms with van der Waals surface area (Å²) in [5, 5.41) is 0. The molecule has 1 saturated heterocycles. The van der Waals surface area contributed by atoms with Crippen LogP contribution in [0.4, 0.5) is 4.39 Å². The van der Waals surface area contributed by atoms with E-state index in [9.17, 15) is 4.39 Å². The van der Waals surface area contributed by atoms with Crippen LogP contribution in [0.25, 0.3) is 0 Å². The largest absolute Gasteiger partial charge is 0.371 e. The highest BCUT2D eigenvalue weighted by molar-refractivity contribution is 5.19. The van der Waals surface area contributed by atoms with Gasteiger partial charge in [-0.1, -0.05) is 12.1 Å². The highest BCUT2D eigenvalue weighted by atomic mass is 19.1. The Bertz CT molecular complexity index is 336. The van der Waals surface area contributed by atoms with Crippen LogP contribution in [0.1, 0.15) is 25.5 Å². The zero-order valence-corrected chi connectivity index (χ0v) is 9.82. The smallest absolute Gasteiger partial charge is 0.123 e. The van der Waals surface area contributed by atoms with Gasteiger partial charge in [-0.05, 0) is 31.5 Å². The number of nitrogens with zero attached hydrogens (tertiary/aromatic N) is 1. The molecule has 1 heterocycles. The lowest BCUT2D eigenvalue weighted by Gasteiger charge is -2.35. The monoisotopic (exact) mass is 223 g/mol. The van der Waals surface area contributed by atoms with Crippen molar-refractivity contribution in [2.45, 2.75) is 26.0 Å². The second-order valence-electron chi connectivity index (χ2n) is 4.50. The van der Waals surface area contributed by atoms with E-state index in [1.807, 2.05) is 12.1 Å². The molecular weight excluding hydrogens is 205 g/mol. The van der Waals surface area contributed by atoms with Gasteiger partial charge in [0.1, 0.15) is 5.82 Å². The van der Waals surface area contributed by atoms with E-state index in [4.69, 9.17) is 4.74 Å². The molecule has 0 aliphatic carbocycles. The lowest BCUT2D eigenvalue weighted by atomic mass is 10.1. The van der Waals surface area contributed by atoms with Crippen molar-refractivity contribution in [3.05, 3.63) is 35.6 Å². The van der Waals surface area contributed by atoms with E-state index in [0.29, 0.717) is 6.04 Å². The number of hydrogen-bond acceptors (Lipinski definition) is 2. The lowest BCUT2D eigenvalue weighted by Crippen LogP contribution is -2.42. The van der Waals surface area contributed by atoms with Crippen molar-refractivity contribution < 1.29 is 9.13 Å². The molecule has 1 aromatic carbocycles. The molecule has 0 bridgehead atoms. The van der Waals surface area contributed by atoms with Crippen LogP contribution in [0.15, 0.2) is 24.3 Å². The number of rotatable bonds is 2. The summed E-state index contributed by atoms with van der Waals surface area (Å²) in [6, 6.07) is 7.14. The second kappa shape index (κ2) is 4.93. The zero-order chi connectivity index (χ0) is 11.5. The average Bonchev–Trinajstić information content (AvgIpc) is 2.30. The first-order valence-electron chi connectivity index (χ1n) is 5.78. The first-order valence-corrected chi connectivity index (χ1v) is 5.78. The Balaban J connectivity index is 2.06. The number of morpholine rings is 1. The quantitative estimate of drug-likeness (QED) is 0.764. The van der Waals surface area contributed by atoms with Gasteiger partial charge in [0, 0.05) is 19.1 Å². The third-order valence-corrected chi connectivity index (χ3v) is 3.07. The summed E-state index contributed by atoms with van der Waals surface area (Å²) >= 11 is 0. The van der Waals surface area contributed by atoms with Crippen LogP contribution in [-0.4, -0.2) is 30.6 Å². The van der Waals surface area contributed by atoms with Crippen molar-refractivity contribution >= 4 is 0 Å². The standard InChI is InChI=1S/C13H18FNO/c1-10(2)15-7-8-16-13(9-15)11-3-5-12(14)6-4-11/h3-6,10,13H,7-9H2,1-2H3/t13-/m0/s1. The normalized spacial score (nSPS) is 22.6. The fraction of sp³-hybridized carbons (Fsp3) is 0.538. The molecule has 0 aromatic heterocycles. The Kier molecular flexibility index (Phi) is 3.56. The molecule has 1 aliphatic rings. The molecule has 0 unspecified atom stereocenters. The van der Waals surface area contributed by atoms with E-state index in [0.717, 1.165) is 25.3 Å². The maximum atomic E-state index is 12.8. The molecule has 0 N–H and O–H groups in total. The summed E-state index contributed by atoms with van der Waals surface area (Å²) in [6.45, 7) is 7.00. The molecular formula is C13H18FNO. The summed E-state index contributed by atoms with van der Waals surface area (Å²) in [4.78, 5) is 2.39. The minimum Gasteiger partial charge on any atom is -0.371 e. The third kappa shape index (κ3) is 2.60. The molecule has 1 fully saturated rings. The van der Waals surface area contributed by atoms with Gasteiger partial charge >= 0.3 is 0 Å². The van der Waals surface area contributed by atoms with Crippen molar-refractivity contribution in [1.82, 2.24) is 4.90 Å². The van der Waals surface area contributed by atoms with E-state index < -0.39 is 0 Å². The van der Waals surface area contributed by atoms with E-state index in [-0.39, 0.29) is 11.9 Å². The first kappa shape index (κ1) is 11.6. The maximum absolute atomic E-state index is 12.8. The first-order chi connectivity index (χ1) is 7.66. The van der Waals surface area contributed by atoms with Crippen LogP contribution in [0.5, 0.6) is 0 Å².